The van der Waals surface area contributed by atoms with E-state index in [4.69, 9.17) is 5.41 Å². The average molecular weight is 303 g/mol. The molecule has 102 valence electrons. The molecule has 4 nitrogen and oxygen atoms in total. The van der Waals surface area contributed by atoms with Crippen molar-refractivity contribution in [3.8, 4) is 0 Å². The van der Waals surface area contributed by atoms with E-state index in [-0.39, 0.29) is 11.1 Å². The molecule has 1 fully saturated rings. The molecule has 6 heteroatoms. The summed E-state index contributed by atoms with van der Waals surface area (Å²) in [6.07, 6.45) is 2.60. The van der Waals surface area contributed by atoms with Gasteiger partial charge in [0.05, 0.1) is 5.75 Å². The number of aryl methyl sites for hydroxylation is 1. The van der Waals surface area contributed by atoms with E-state index in [1.54, 1.807) is 6.20 Å². The summed E-state index contributed by atoms with van der Waals surface area (Å²) in [5.41, 5.74) is 2.47. The van der Waals surface area contributed by atoms with Gasteiger partial charge in [0.25, 0.3) is 0 Å². The zero-order chi connectivity index (χ0) is 14.1. The number of thioether (sulfide) groups is 1. The number of nitrogens with zero attached hydrogens (tertiary/aromatic N) is 2. The number of rotatable bonds is 3. The fourth-order valence-corrected chi connectivity index (χ4v) is 3.80. The van der Waals surface area contributed by atoms with Crippen molar-refractivity contribution in [3.05, 3.63) is 46.5 Å². The molecule has 1 aromatic heterocycles. The van der Waals surface area contributed by atoms with E-state index in [1.165, 1.54) is 39.1 Å². The van der Waals surface area contributed by atoms with E-state index in [0.717, 1.165) is 11.3 Å². The highest BCUT2D eigenvalue weighted by molar-refractivity contribution is 8.15. The zero-order valence-corrected chi connectivity index (χ0v) is 12.6. The van der Waals surface area contributed by atoms with E-state index >= 15 is 0 Å². The van der Waals surface area contributed by atoms with E-state index in [1.807, 2.05) is 6.07 Å². The quantitative estimate of drug-likeness (QED) is 0.948. The Kier molecular flexibility index (Phi) is 3.58. The first-order valence-corrected chi connectivity index (χ1v) is 7.98. The van der Waals surface area contributed by atoms with Crippen LogP contribution < -0.4 is 4.90 Å². The SMILES string of the molecule is Cc1cccc(Cc2cnc(N3C(=N)SCC3=O)s2)c1. The third-order valence-electron chi connectivity index (χ3n) is 2.98. The lowest BCUT2D eigenvalue weighted by molar-refractivity contribution is -0.115. The van der Waals surface area contributed by atoms with Crippen LogP contribution in [0.25, 0.3) is 0 Å². The standard InChI is InChI=1S/C14H13N3OS2/c1-9-3-2-4-10(5-9)6-11-7-16-14(20-11)17-12(18)8-19-13(17)15/h2-5,7,15H,6,8H2,1H3. The van der Waals surface area contributed by atoms with Crippen molar-refractivity contribution in [2.45, 2.75) is 13.3 Å². The molecule has 20 heavy (non-hydrogen) atoms. The van der Waals surface area contributed by atoms with E-state index < -0.39 is 0 Å². The number of amidine groups is 1. The number of anilines is 1. The van der Waals surface area contributed by atoms with Gasteiger partial charge in [-0.1, -0.05) is 41.6 Å². The highest BCUT2D eigenvalue weighted by Crippen LogP contribution is 2.30. The Morgan fingerprint density at radius 3 is 3.00 bits per heavy atom. The number of hydrogen-bond acceptors (Lipinski definition) is 5. The molecule has 0 aliphatic carbocycles. The van der Waals surface area contributed by atoms with Crippen LogP contribution in [0, 0.1) is 12.3 Å². The van der Waals surface area contributed by atoms with Gasteiger partial charge in [0, 0.05) is 17.5 Å². The van der Waals surface area contributed by atoms with Gasteiger partial charge in [-0.05, 0) is 12.5 Å². The molecular formula is C14H13N3OS2. The molecule has 0 bridgehead atoms. The topological polar surface area (TPSA) is 57.1 Å². The fourth-order valence-electron chi connectivity index (χ4n) is 2.07. The summed E-state index contributed by atoms with van der Waals surface area (Å²) in [5.74, 6) is 0.280. The predicted molar refractivity (Wildman–Crippen MR) is 83.8 cm³/mol. The second-order valence-electron chi connectivity index (χ2n) is 4.60. The highest BCUT2D eigenvalue weighted by Gasteiger charge is 2.30. The molecule has 1 aromatic carbocycles. The number of hydrogen-bond donors (Lipinski definition) is 1. The third-order valence-corrected chi connectivity index (χ3v) is 4.81. The number of aromatic nitrogens is 1. The minimum Gasteiger partial charge on any atom is -0.278 e. The van der Waals surface area contributed by atoms with Gasteiger partial charge in [0.1, 0.15) is 0 Å². The highest BCUT2D eigenvalue weighted by atomic mass is 32.2. The molecule has 0 spiro atoms. The molecule has 0 unspecified atom stereocenters. The van der Waals surface area contributed by atoms with Gasteiger partial charge in [0.15, 0.2) is 10.3 Å². The Morgan fingerprint density at radius 2 is 2.30 bits per heavy atom. The average Bonchev–Trinajstić information content (AvgIpc) is 2.97. The lowest BCUT2D eigenvalue weighted by Crippen LogP contribution is -2.28. The molecule has 3 rings (SSSR count). The Balaban J connectivity index is 1.80. The first-order chi connectivity index (χ1) is 9.63. The smallest absolute Gasteiger partial charge is 0.245 e. The molecule has 2 heterocycles. The maximum atomic E-state index is 11.7. The second-order valence-corrected chi connectivity index (χ2v) is 6.66. The Morgan fingerprint density at radius 1 is 1.45 bits per heavy atom. The van der Waals surface area contributed by atoms with Crippen molar-refractivity contribution in [3.63, 3.8) is 0 Å². The first kappa shape index (κ1) is 13.3. The van der Waals surface area contributed by atoms with Crippen molar-refractivity contribution in [1.82, 2.24) is 4.98 Å². The predicted octanol–water partition coefficient (Wildman–Crippen LogP) is 3.06. The number of nitrogens with one attached hydrogen (secondary N) is 1. The molecule has 2 aromatic rings. The minimum atomic E-state index is -0.0588. The lowest BCUT2D eigenvalue weighted by Gasteiger charge is -2.09. The fraction of sp³-hybridized carbons (Fsp3) is 0.214. The summed E-state index contributed by atoms with van der Waals surface area (Å²) in [7, 11) is 0. The van der Waals surface area contributed by atoms with Gasteiger partial charge in [-0.15, -0.1) is 11.3 Å². The summed E-state index contributed by atoms with van der Waals surface area (Å²) in [4.78, 5) is 18.5. The molecular weight excluding hydrogens is 290 g/mol. The molecule has 0 saturated carbocycles. The van der Waals surface area contributed by atoms with Gasteiger partial charge in [-0.25, -0.2) is 9.88 Å². The van der Waals surface area contributed by atoms with Gasteiger partial charge in [-0.3, -0.25) is 10.2 Å². The van der Waals surface area contributed by atoms with E-state index in [0.29, 0.717) is 10.9 Å². The van der Waals surface area contributed by atoms with Crippen molar-refractivity contribution in [1.29, 1.82) is 5.41 Å². The van der Waals surface area contributed by atoms with Crippen molar-refractivity contribution in [2.75, 3.05) is 10.7 Å². The summed E-state index contributed by atoms with van der Waals surface area (Å²) < 4.78 is 0. The number of carbonyl (C=O) groups excluding carboxylic acids is 1. The van der Waals surface area contributed by atoms with Crippen LogP contribution in [0.4, 0.5) is 5.13 Å². The van der Waals surface area contributed by atoms with Crippen LogP contribution in [-0.4, -0.2) is 21.8 Å². The maximum absolute atomic E-state index is 11.7. The Bertz CT molecular complexity index is 665. The molecule has 1 saturated heterocycles. The van der Waals surface area contributed by atoms with Crippen LogP contribution in [0.15, 0.2) is 30.5 Å². The van der Waals surface area contributed by atoms with Gasteiger partial charge in [0.2, 0.25) is 5.91 Å². The normalized spacial score (nSPS) is 15.2. The minimum absolute atomic E-state index is 0.0588. The number of benzene rings is 1. The Labute approximate surface area is 125 Å². The van der Waals surface area contributed by atoms with Gasteiger partial charge < -0.3 is 0 Å². The van der Waals surface area contributed by atoms with Crippen LogP contribution >= 0.6 is 23.1 Å². The van der Waals surface area contributed by atoms with Crippen LogP contribution in [0.5, 0.6) is 0 Å². The summed E-state index contributed by atoms with van der Waals surface area (Å²) >= 11 is 2.73. The largest absolute Gasteiger partial charge is 0.278 e. The van der Waals surface area contributed by atoms with Gasteiger partial charge in [-0.2, -0.15) is 0 Å². The Hall–Kier alpha value is -1.66. The van der Waals surface area contributed by atoms with Crippen LogP contribution in [0.1, 0.15) is 16.0 Å². The number of thiazole rings is 1. The molecule has 0 radical (unpaired) electrons. The van der Waals surface area contributed by atoms with Crippen LogP contribution in [0.3, 0.4) is 0 Å². The van der Waals surface area contributed by atoms with Crippen molar-refractivity contribution < 1.29 is 4.79 Å². The number of amides is 1. The molecule has 1 aliphatic rings. The monoisotopic (exact) mass is 303 g/mol. The van der Waals surface area contributed by atoms with Crippen molar-refractivity contribution >= 4 is 39.3 Å². The lowest BCUT2D eigenvalue weighted by atomic mass is 10.1. The zero-order valence-electron chi connectivity index (χ0n) is 10.9. The third kappa shape index (κ3) is 2.62. The molecule has 0 atom stereocenters. The summed E-state index contributed by atoms with van der Waals surface area (Å²) in [6, 6.07) is 8.36. The first-order valence-electron chi connectivity index (χ1n) is 6.18. The van der Waals surface area contributed by atoms with Crippen LogP contribution in [-0.2, 0) is 11.2 Å². The van der Waals surface area contributed by atoms with E-state index in [9.17, 15) is 4.79 Å². The van der Waals surface area contributed by atoms with Gasteiger partial charge >= 0.3 is 0 Å². The van der Waals surface area contributed by atoms with Crippen molar-refractivity contribution in [2.24, 2.45) is 0 Å². The summed E-state index contributed by atoms with van der Waals surface area (Å²) in [5, 5.41) is 8.64. The molecule has 1 N–H and O–H groups in total. The number of carbonyl (C=O) groups is 1. The molecule has 1 aliphatic heterocycles. The van der Waals surface area contributed by atoms with Crippen LogP contribution in [0.2, 0.25) is 0 Å². The second kappa shape index (κ2) is 5.38. The summed E-state index contributed by atoms with van der Waals surface area (Å²) in [6.45, 7) is 2.07. The maximum Gasteiger partial charge on any atom is 0.245 e. The molecule has 1 amide bonds. The van der Waals surface area contributed by atoms with E-state index in [2.05, 4.69) is 30.1 Å².